The fourth-order valence-corrected chi connectivity index (χ4v) is 2.05. The van der Waals surface area contributed by atoms with Gasteiger partial charge in [-0.1, -0.05) is 0 Å². The first-order valence-corrected chi connectivity index (χ1v) is 5.05. The molecular formula is C10H17N3O. The van der Waals surface area contributed by atoms with Crippen LogP contribution in [0.25, 0.3) is 0 Å². The monoisotopic (exact) mass is 195 g/mol. The van der Waals surface area contributed by atoms with Crippen LogP contribution in [0, 0.1) is 5.92 Å². The highest BCUT2D eigenvalue weighted by molar-refractivity contribution is 5.07. The van der Waals surface area contributed by atoms with E-state index in [1.54, 1.807) is 4.68 Å². The Labute approximate surface area is 84.0 Å². The first-order chi connectivity index (χ1) is 6.68. The Morgan fingerprint density at radius 1 is 1.71 bits per heavy atom. The van der Waals surface area contributed by atoms with Gasteiger partial charge in [0.15, 0.2) is 0 Å². The molecule has 0 radical (unpaired) electrons. The van der Waals surface area contributed by atoms with E-state index >= 15 is 0 Å². The lowest BCUT2D eigenvalue weighted by Crippen LogP contribution is -2.27. The zero-order valence-corrected chi connectivity index (χ0v) is 8.68. The van der Waals surface area contributed by atoms with E-state index in [1.807, 2.05) is 19.3 Å². The molecule has 2 heterocycles. The molecule has 14 heavy (non-hydrogen) atoms. The van der Waals surface area contributed by atoms with Gasteiger partial charge in [-0.3, -0.25) is 4.68 Å². The largest absolute Gasteiger partial charge is 0.378 e. The molecule has 0 aromatic carbocycles. The van der Waals surface area contributed by atoms with Crippen LogP contribution in [0.15, 0.2) is 12.3 Å². The van der Waals surface area contributed by atoms with Gasteiger partial charge >= 0.3 is 0 Å². The van der Waals surface area contributed by atoms with Crippen LogP contribution in [0.2, 0.25) is 0 Å². The van der Waals surface area contributed by atoms with Crippen molar-refractivity contribution in [2.75, 3.05) is 6.61 Å². The molecule has 1 aromatic heterocycles. The van der Waals surface area contributed by atoms with Crippen molar-refractivity contribution in [2.24, 2.45) is 18.7 Å². The van der Waals surface area contributed by atoms with Gasteiger partial charge in [0.2, 0.25) is 0 Å². The van der Waals surface area contributed by atoms with Crippen LogP contribution in [0.4, 0.5) is 0 Å². The number of nitrogens with zero attached hydrogens (tertiary/aromatic N) is 2. The van der Waals surface area contributed by atoms with Crippen LogP contribution in [0.1, 0.15) is 25.1 Å². The van der Waals surface area contributed by atoms with Gasteiger partial charge in [-0.2, -0.15) is 5.10 Å². The van der Waals surface area contributed by atoms with Gasteiger partial charge in [0.25, 0.3) is 0 Å². The molecule has 2 rings (SSSR count). The summed E-state index contributed by atoms with van der Waals surface area (Å²) in [4.78, 5) is 0. The molecule has 4 nitrogen and oxygen atoms in total. The molecule has 1 aliphatic heterocycles. The Morgan fingerprint density at radius 2 is 2.50 bits per heavy atom. The maximum absolute atomic E-state index is 6.15. The molecular weight excluding hydrogens is 178 g/mol. The minimum Gasteiger partial charge on any atom is -0.378 e. The first-order valence-electron chi connectivity index (χ1n) is 5.05. The summed E-state index contributed by atoms with van der Waals surface area (Å²) in [6.07, 6.45) is 3.22. The Morgan fingerprint density at radius 3 is 3.00 bits per heavy atom. The molecule has 1 fully saturated rings. The van der Waals surface area contributed by atoms with Crippen molar-refractivity contribution in [1.82, 2.24) is 9.78 Å². The maximum atomic E-state index is 6.15. The van der Waals surface area contributed by atoms with Crippen molar-refractivity contribution in [3.63, 3.8) is 0 Å². The lowest BCUT2D eigenvalue weighted by molar-refractivity contribution is 0.0990. The van der Waals surface area contributed by atoms with Gasteiger partial charge < -0.3 is 10.5 Å². The summed E-state index contributed by atoms with van der Waals surface area (Å²) in [6.45, 7) is 2.91. The Kier molecular flexibility index (Phi) is 2.56. The summed E-state index contributed by atoms with van der Waals surface area (Å²) in [5.41, 5.74) is 7.12. The van der Waals surface area contributed by atoms with E-state index in [2.05, 4.69) is 12.0 Å². The SMILES string of the molecule is CC1OCCC1C(N)c1ccn(C)n1. The smallest absolute Gasteiger partial charge is 0.0795 e. The van der Waals surface area contributed by atoms with Gasteiger partial charge in [-0.05, 0) is 19.4 Å². The first kappa shape index (κ1) is 9.68. The molecule has 3 unspecified atom stereocenters. The van der Waals surface area contributed by atoms with Crippen molar-refractivity contribution in [2.45, 2.75) is 25.5 Å². The minimum atomic E-state index is 0.00806. The third kappa shape index (κ3) is 1.67. The average molecular weight is 195 g/mol. The fourth-order valence-electron chi connectivity index (χ4n) is 2.05. The Hall–Kier alpha value is -0.870. The van der Waals surface area contributed by atoms with Crippen molar-refractivity contribution in [1.29, 1.82) is 0 Å². The highest BCUT2D eigenvalue weighted by Gasteiger charge is 2.31. The number of hydrogen-bond acceptors (Lipinski definition) is 3. The van der Waals surface area contributed by atoms with Gasteiger partial charge in [0, 0.05) is 25.8 Å². The predicted octanol–water partition coefficient (Wildman–Crippen LogP) is 0.845. The van der Waals surface area contributed by atoms with Crippen LogP contribution in [0.3, 0.4) is 0 Å². The van der Waals surface area contributed by atoms with E-state index in [0.717, 1.165) is 18.7 Å². The highest BCUT2D eigenvalue weighted by atomic mass is 16.5. The van der Waals surface area contributed by atoms with Crippen molar-refractivity contribution in [3.05, 3.63) is 18.0 Å². The summed E-state index contributed by atoms with van der Waals surface area (Å²) in [5, 5.41) is 4.33. The van der Waals surface area contributed by atoms with E-state index in [1.165, 1.54) is 0 Å². The molecule has 0 aliphatic carbocycles. The number of aromatic nitrogens is 2. The van der Waals surface area contributed by atoms with E-state index in [-0.39, 0.29) is 12.1 Å². The van der Waals surface area contributed by atoms with Gasteiger partial charge in [0.1, 0.15) is 0 Å². The summed E-state index contributed by atoms with van der Waals surface area (Å²) in [5.74, 6) is 0.407. The zero-order valence-electron chi connectivity index (χ0n) is 8.68. The normalized spacial score (nSPS) is 29.4. The van der Waals surface area contributed by atoms with E-state index in [0.29, 0.717) is 5.92 Å². The summed E-state index contributed by atoms with van der Waals surface area (Å²) >= 11 is 0. The molecule has 4 heteroatoms. The molecule has 2 N–H and O–H groups in total. The summed E-state index contributed by atoms with van der Waals surface area (Å²) in [7, 11) is 1.91. The van der Waals surface area contributed by atoms with Crippen molar-refractivity contribution < 1.29 is 4.74 Å². The number of ether oxygens (including phenoxy) is 1. The van der Waals surface area contributed by atoms with E-state index in [9.17, 15) is 0 Å². The summed E-state index contributed by atoms with van der Waals surface area (Å²) < 4.78 is 7.29. The average Bonchev–Trinajstić information content (AvgIpc) is 2.73. The van der Waals surface area contributed by atoms with Crippen LogP contribution < -0.4 is 5.73 Å². The molecule has 1 aromatic rings. The van der Waals surface area contributed by atoms with Crippen LogP contribution in [-0.2, 0) is 11.8 Å². The Bertz CT molecular complexity index is 310. The van der Waals surface area contributed by atoms with Gasteiger partial charge in [-0.15, -0.1) is 0 Å². The molecule has 0 saturated carbocycles. The number of aryl methyl sites for hydroxylation is 1. The molecule has 1 aliphatic rings. The van der Waals surface area contributed by atoms with E-state index < -0.39 is 0 Å². The van der Waals surface area contributed by atoms with Crippen LogP contribution >= 0.6 is 0 Å². The van der Waals surface area contributed by atoms with E-state index in [4.69, 9.17) is 10.5 Å². The van der Waals surface area contributed by atoms with Crippen molar-refractivity contribution in [3.8, 4) is 0 Å². The molecule has 78 valence electrons. The fraction of sp³-hybridized carbons (Fsp3) is 0.700. The number of rotatable bonds is 2. The lowest BCUT2D eigenvalue weighted by atomic mass is 9.92. The standard InChI is InChI=1S/C10H17N3O/c1-7-8(4-6-14-7)10(11)9-3-5-13(2)12-9/h3,5,7-8,10H,4,6,11H2,1-2H3. The second-order valence-corrected chi connectivity index (χ2v) is 3.97. The van der Waals surface area contributed by atoms with Crippen molar-refractivity contribution >= 4 is 0 Å². The molecule has 0 amide bonds. The predicted molar refractivity (Wildman–Crippen MR) is 53.7 cm³/mol. The van der Waals surface area contributed by atoms with Gasteiger partial charge in [0.05, 0.1) is 17.8 Å². The third-order valence-electron chi connectivity index (χ3n) is 2.97. The number of hydrogen-bond donors (Lipinski definition) is 1. The quantitative estimate of drug-likeness (QED) is 0.761. The molecule has 1 saturated heterocycles. The van der Waals surface area contributed by atoms with Gasteiger partial charge in [-0.25, -0.2) is 0 Å². The second kappa shape index (κ2) is 3.71. The molecule has 0 bridgehead atoms. The summed E-state index contributed by atoms with van der Waals surface area (Å²) in [6, 6.07) is 1.99. The number of nitrogens with two attached hydrogens (primary N) is 1. The topological polar surface area (TPSA) is 53.1 Å². The van der Waals surface area contributed by atoms with Crippen LogP contribution in [0.5, 0.6) is 0 Å². The maximum Gasteiger partial charge on any atom is 0.0795 e. The lowest BCUT2D eigenvalue weighted by Gasteiger charge is -2.19. The second-order valence-electron chi connectivity index (χ2n) is 3.97. The molecule has 3 atom stereocenters. The minimum absolute atomic E-state index is 0.00806. The highest BCUT2D eigenvalue weighted by Crippen LogP contribution is 2.30. The molecule has 0 spiro atoms. The zero-order chi connectivity index (χ0) is 10.1. The van der Waals surface area contributed by atoms with Crippen LogP contribution in [-0.4, -0.2) is 22.5 Å². The third-order valence-corrected chi connectivity index (χ3v) is 2.97. The Balaban J connectivity index is 2.11.